The molecule has 3 N–H and O–H groups in total. The highest BCUT2D eigenvalue weighted by Gasteiger charge is 2.08. The molecule has 0 spiro atoms. The molecule has 0 aliphatic rings. The van der Waals surface area contributed by atoms with Crippen molar-refractivity contribution in [2.75, 3.05) is 5.73 Å². The maximum Gasteiger partial charge on any atom is 0.150 e. The van der Waals surface area contributed by atoms with E-state index in [2.05, 4.69) is 10.2 Å². The van der Waals surface area contributed by atoms with Crippen molar-refractivity contribution in [3.63, 3.8) is 0 Å². The van der Waals surface area contributed by atoms with Crippen LogP contribution in [0.5, 0.6) is 0 Å². The number of aromatic nitrogens is 2. The highest BCUT2D eigenvalue weighted by atomic mass is 19.1. The van der Waals surface area contributed by atoms with Gasteiger partial charge in [-0.15, -0.1) is 0 Å². The smallest absolute Gasteiger partial charge is 0.150 e. The summed E-state index contributed by atoms with van der Waals surface area (Å²) in [6.07, 6.45) is 3.21. The first kappa shape index (κ1) is 12.3. The summed E-state index contributed by atoms with van der Waals surface area (Å²) in [7, 11) is 0. The van der Waals surface area contributed by atoms with E-state index in [1.54, 1.807) is 36.4 Å². The minimum Gasteiger partial charge on any atom is -0.399 e. The van der Waals surface area contributed by atoms with Crippen molar-refractivity contribution in [2.24, 2.45) is 0 Å². The quantitative estimate of drug-likeness (QED) is 0.700. The van der Waals surface area contributed by atoms with Crippen LogP contribution in [-0.4, -0.2) is 10.2 Å². The van der Waals surface area contributed by atoms with Gasteiger partial charge in [0.15, 0.2) is 5.82 Å². The second-order valence-electron chi connectivity index (χ2n) is 4.39. The predicted octanol–water partition coefficient (Wildman–Crippen LogP) is 3.59. The van der Waals surface area contributed by atoms with Gasteiger partial charge in [-0.25, -0.2) is 8.78 Å². The third kappa shape index (κ3) is 2.14. The maximum atomic E-state index is 13.7. The summed E-state index contributed by atoms with van der Waals surface area (Å²) >= 11 is 0. The van der Waals surface area contributed by atoms with Crippen LogP contribution in [0.3, 0.4) is 0 Å². The average Bonchev–Trinajstić information content (AvgIpc) is 2.81. The van der Waals surface area contributed by atoms with Crippen molar-refractivity contribution in [3.8, 4) is 0 Å². The number of H-pyrrole nitrogens is 1. The second kappa shape index (κ2) is 4.77. The van der Waals surface area contributed by atoms with Crippen LogP contribution < -0.4 is 5.73 Å². The third-order valence-electron chi connectivity index (χ3n) is 3.00. The van der Waals surface area contributed by atoms with E-state index in [0.717, 1.165) is 0 Å². The van der Waals surface area contributed by atoms with Gasteiger partial charge in [0.1, 0.15) is 11.3 Å². The number of nitrogens with two attached hydrogens (primary N) is 1. The van der Waals surface area contributed by atoms with Crippen molar-refractivity contribution >= 4 is 28.7 Å². The van der Waals surface area contributed by atoms with E-state index in [4.69, 9.17) is 5.73 Å². The standard InChI is InChI=1S/C15H11F2N3/c16-12-4-2-1-3-9(12)5-6-14-11-7-10(18)8-13(17)15(11)20-19-14/h1-8H,18H2,(H,19,20). The largest absolute Gasteiger partial charge is 0.399 e. The zero-order valence-corrected chi connectivity index (χ0v) is 10.4. The van der Waals surface area contributed by atoms with Gasteiger partial charge in [0.05, 0.1) is 5.69 Å². The van der Waals surface area contributed by atoms with Crippen molar-refractivity contribution in [2.45, 2.75) is 0 Å². The Kier molecular flexibility index (Phi) is 2.95. The summed E-state index contributed by atoms with van der Waals surface area (Å²) in [5, 5.41) is 7.19. The maximum absolute atomic E-state index is 13.7. The van der Waals surface area contributed by atoms with Crippen LogP contribution in [0.4, 0.5) is 14.5 Å². The molecular weight excluding hydrogens is 260 g/mol. The zero-order chi connectivity index (χ0) is 14.1. The van der Waals surface area contributed by atoms with Crippen LogP contribution in [0.15, 0.2) is 36.4 Å². The lowest BCUT2D eigenvalue weighted by atomic mass is 10.1. The number of fused-ring (bicyclic) bond motifs is 1. The van der Waals surface area contributed by atoms with Crippen LogP contribution in [0, 0.1) is 11.6 Å². The van der Waals surface area contributed by atoms with Gasteiger partial charge < -0.3 is 5.73 Å². The number of benzene rings is 2. The fourth-order valence-electron chi connectivity index (χ4n) is 2.03. The number of aromatic amines is 1. The Labute approximate surface area is 113 Å². The van der Waals surface area contributed by atoms with E-state index in [0.29, 0.717) is 22.3 Å². The Balaban J connectivity index is 2.06. The molecule has 0 saturated carbocycles. The molecule has 0 aliphatic carbocycles. The first-order valence-electron chi connectivity index (χ1n) is 6.01. The Bertz CT molecular complexity index is 806. The molecule has 2 aromatic carbocycles. The molecule has 1 heterocycles. The molecule has 1 aromatic heterocycles. The molecule has 0 bridgehead atoms. The topological polar surface area (TPSA) is 54.7 Å². The summed E-state index contributed by atoms with van der Waals surface area (Å²) in [4.78, 5) is 0. The molecule has 0 aliphatic heterocycles. The highest BCUT2D eigenvalue weighted by molar-refractivity contribution is 5.91. The lowest BCUT2D eigenvalue weighted by Crippen LogP contribution is -1.87. The minimum absolute atomic E-state index is 0.285. The number of hydrogen-bond acceptors (Lipinski definition) is 2. The number of nitrogens with zero attached hydrogens (tertiary/aromatic N) is 1. The predicted molar refractivity (Wildman–Crippen MR) is 75.8 cm³/mol. The lowest BCUT2D eigenvalue weighted by Gasteiger charge is -1.97. The van der Waals surface area contributed by atoms with E-state index in [1.165, 1.54) is 12.1 Å². The summed E-state index contributed by atoms with van der Waals surface area (Å²) in [6.45, 7) is 0. The average molecular weight is 271 g/mol. The van der Waals surface area contributed by atoms with Gasteiger partial charge in [-0.2, -0.15) is 5.10 Å². The van der Waals surface area contributed by atoms with Crippen LogP contribution >= 0.6 is 0 Å². The molecule has 20 heavy (non-hydrogen) atoms. The van der Waals surface area contributed by atoms with Crippen molar-refractivity contribution in [3.05, 3.63) is 59.3 Å². The van der Waals surface area contributed by atoms with Gasteiger partial charge in [-0.1, -0.05) is 18.2 Å². The van der Waals surface area contributed by atoms with Gasteiger partial charge in [-0.05, 0) is 30.4 Å². The van der Waals surface area contributed by atoms with Gasteiger partial charge in [0.2, 0.25) is 0 Å². The molecule has 3 rings (SSSR count). The molecule has 0 saturated heterocycles. The molecule has 100 valence electrons. The van der Waals surface area contributed by atoms with E-state index in [9.17, 15) is 8.78 Å². The van der Waals surface area contributed by atoms with E-state index >= 15 is 0 Å². The zero-order valence-electron chi connectivity index (χ0n) is 10.4. The fourth-order valence-corrected chi connectivity index (χ4v) is 2.03. The third-order valence-corrected chi connectivity index (χ3v) is 3.00. The van der Waals surface area contributed by atoms with E-state index in [1.807, 2.05) is 0 Å². The van der Waals surface area contributed by atoms with Crippen LogP contribution in [0.1, 0.15) is 11.3 Å². The number of hydrogen-bond donors (Lipinski definition) is 2. The number of nitrogen functional groups attached to an aromatic ring is 1. The Morgan fingerprint density at radius 3 is 2.65 bits per heavy atom. The number of nitrogens with one attached hydrogen (secondary N) is 1. The van der Waals surface area contributed by atoms with Gasteiger partial charge in [-0.3, -0.25) is 5.10 Å². The van der Waals surface area contributed by atoms with Gasteiger partial charge in [0, 0.05) is 16.6 Å². The highest BCUT2D eigenvalue weighted by Crippen LogP contribution is 2.24. The van der Waals surface area contributed by atoms with Crippen molar-refractivity contribution in [1.29, 1.82) is 0 Å². The normalized spacial score (nSPS) is 11.5. The van der Waals surface area contributed by atoms with E-state index in [-0.39, 0.29) is 11.3 Å². The second-order valence-corrected chi connectivity index (χ2v) is 4.39. The van der Waals surface area contributed by atoms with Crippen molar-refractivity contribution < 1.29 is 8.78 Å². The SMILES string of the molecule is Nc1cc(F)c2[nH]nc(C=Cc3ccccc3F)c2c1. The molecule has 3 aromatic rings. The fraction of sp³-hybridized carbons (Fsp3) is 0. The Hall–Kier alpha value is -2.69. The van der Waals surface area contributed by atoms with Crippen molar-refractivity contribution in [1.82, 2.24) is 10.2 Å². The van der Waals surface area contributed by atoms with Gasteiger partial charge >= 0.3 is 0 Å². The molecule has 0 unspecified atom stereocenters. The van der Waals surface area contributed by atoms with Crippen LogP contribution in [0.25, 0.3) is 23.1 Å². The molecule has 5 heteroatoms. The van der Waals surface area contributed by atoms with Crippen LogP contribution in [-0.2, 0) is 0 Å². The number of halogens is 2. The number of rotatable bonds is 2. The molecule has 0 radical (unpaired) electrons. The molecule has 0 fully saturated rings. The van der Waals surface area contributed by atoms with E-state index < -0.39 is 5.82 Å². The lowest BCUT2D eigenvalue weighted by molar-refractivity contribution is 0.625. The molecular formula is C15H11F2N3. The molecule has 3 nitrogen and oxygen atoms in total. The molecule has 0 amide bonds. The number of anilines is 1. The first-order valence-corrected chi connectivity index (χ1v) is 6.01. The first-order chi connectivity index (χ1) is 9.65. The minimum atomic E-state index is -0.460. The Morgan fingerprint density at radius 1 is 1.05 bits per heavy atom. The van der Waals surface area contributed by atoms with Gasteiger partial charge in [0.25, 0.3) is 0 Å². The van der Waals surface area contributed by atoms with Crippen LogP contribution in [0.2, 0.25) is 0 Å². The Morgan fingerprint density at radius 2 is 1.85 bits per heavy atom. The monoisotopic (exact) mass is 271 g/mol. The summed E-state index contributed by atoms with van der Waals surface area (Å²) in [6, 6.07) is 9.24. The summed E-state index contributed by atoms with van der Waals surface area (Å²) < 4.78 is 27.2. The molecule has 0 atom stereocenters. The summed E-state index contributed by atoms with van der Waals surface area (Å²) in [5.41, 5.74) is 7.17. The summed E-state index contributed by atoms with van der Waals surface area (Å²) in [5.74, 6) is -0.785.